The number of nitrogens with one attached hydrogen (secondary N) is 1. The van der Waals surface area contributed by atoms with Gasteiger partial charge in [-0.05, 0) is 36.4 Å². The van der Waals surface area contributed by atoms with Crippen molar-refractivity contribution in [1.29, 1.82) is 0 Å². The van der Waals surface area contributed by atoms with Gasteiger partial charge in [-0.15, -0.1) is 0 Å². The Morgan fingerprint density at radius 3 is 1.71 bits per heavy atom. The van der Waals surface area contributed by atoms with Crippen LogP contribution in [0, 0.1) is 5.92 Å². The number of alkyl halides is 3. The molecule has 2 fully saturated rings. The molecule has 2 heterocycles. The number of esters is 3. The second-order valence-corrected chi connectivity index (χ2v) is 9.99. The van der Waals surface area contributed by atoms with Crippen LogP contribution >= 0.6 is 0 Å². The Labute approximate surface area is 253 Å². The standard InChI is InChI=1S/C31H25F3N2O9/c32-31(33,34)21-16-35-30(41)36(25(21)37)26-24(45-29(40)20-14-8-3-9-15-20)23(44-28(39)19-12-6-2-7-13-19)22(43-26)17-42-27(38)18-10-4-1-5-11-18/h1-15,21-24,26H,16-17H2,(H,35,41)/t21?,22-,23-,24-,26+/m1/s1. The molecule has 14 heteroatoms. The van der Waals surface area contributed by atoms with Gasteiger partial charge in [-0.2, -0.15) is 13.2 Å². The first-order valence-electron chi connectivity index (χ1n) is 13.6. The number of hydrogen-bond donors (Lipinski definition) is 1. The first kappa shape index (κ1) is 31.2. The highest BCUT2D eigenvalue weighted by molar-refractivity contribution is 5.99. The van der Waals surface area contributed by atoms with Crippen LogP contribution in [0.3, 0.4) is 0 Å². The average molecular weight is 627 g/mol. The summed E-state index contributed by atoms with van der Waals surface area (Å²) >= 11 is 0. The second kappa shape index (κ2) is 13.2. The molecule has 45 heavy (non-hydrogen) atoms. The molecule has 0 aromatic heterocycles. The van der Waals surface area contributed by atoms with Gasteiger partial charge >= 0.3 is 30.1 Å². The summed E-state index contributed by atoms with van der Waals surface area (Å²) in [5, 5.41) is 2.00. The average Bonchev–Trinajstić information content (AvgIpc) is 3.36. The molecule has 5 rings (SSSR count). The monoisotopic (exact) mass is 626 g/mol. The number of benzene rings is 3. The van der Waals surface area contributed by atoms with Crippen LogP contribution in [0.4, 0.5) is 18.0 Å². The van der Waals surface area contributed by atoms with E-state index in [0.717, 1.165) is 0 Å². The molecule has 2 saturated heterocycles. The maximum absolute atomic E-state index is 13.7. The number of carbonyl (C=O) groups is 5. The van der Waals surface area contributed by atoms with Crippen molar-refractivity contribution in [3.63, 3.8) is 0 Å². The SMILES string of the molecule is O=C(OC[C@H]1O[C@H](N2C(=O)NCC(C(F)(F)F)C2=O)[C@H](OC(=O)c2ccccc2)[C@@H]1OC(=O)c1ccccc1)c1ccccc1. The molecule has 3 aromatic rings. The Balaban J connectivity index is 1.51. The minimum Gasteiger partial charge on any atom is -0.459 e. The van der Waals surface area contributed by atoms with Crippen LogP contribution in [-0.2, 0) is 23.7 Å². The number of hydrogen-bond acceptors (Lipinski definition) is 9. The zero-order chi connectivity index (χ0) is 32.1. The molecule has 2 aliphatic rings. The van der Waals surface area contributed by atoms with Crippen molar-refractivity contribution in [3.8, 4) is 0 Å². The lowest BCUT2D eigenvalue weighted by Gasteiger charge is -2.37. The highest BCUT2D eigenvalue weighted by Crippen LogP contribution is 2.36. The number of nitrogens with zero attached hydrogens (tertiary/aromatic N) is 1. The third-order valence-corrected chi connectivity index (χ3v) is 7.04. The molecule has 0 saturated carbocycles. The lowest BCUT2D eigenvalue weighted by atomic mass is 10.0. The summed E-state index contributed by atoms with van der Waals surface area (Å²) in [6.45, 7) is -1.69. The normalized spacial score (nSPS) is 23.2. The largest absolute Gasteiger partial charge is 0.459 e. The minimum atomic E-state index is -5.04. The zero-order valence-corrected chi connectivity index (χ0v) is 23.2. The summed E-state index contributed by atoms with van der Waals surface area (Å²) in [6, 6.07) is 21.5. The van der Waals surface area contributed by atoms with Crippen LogP contribution in [-0.4, -0.2) is 78.6 Å². The fourth-order valence-corrected chi connectivity index (χ4v) is 4.79. The van der Waals surface area contributed by atoms with Crippen LogP contribution in [0.25, 0.3) is 0 Å². The molecule has 2 aliphatic heterocycles. The van der Waals surface area contributed by atoms with Crippen molar-refractivity contribution in [1.82, 2.24) is 10.2 Å². The first-order chi connectivity index (χ1) is 21.5. The van der Waals surface area contributed by atoms with Gasteiger partial charge in [0.05, 0.1) is 16.7 Å². The quantitative estimate of drug-likeness (QED) is 0.293. The van der Waals surface area contributed by atoms with Crippen LogP contribution in [0.5, 0.6) is 0 Å². The van der Waals surface area contributed by atoms with Gasteiger partial charge in [-0.1, -0.05) is 54.6 Å². The van der Waals surface area contributed by atoms with Gasteiger partial charge in [0.15, 0.2) is 24.4 Å². The van der Waals surface area contributed by atoms with E-state index in [-0.39, 0.29) is 21.6 Å². The lowest BCUT2D eigenvalue weighted by Crippen LogP contribution is -2.63. The summed E-state index contributed by atoms with van der Waals surface area (Å²) in [5.41, 5.74) is 0.208. The smallest absolute Gasteiger partial charge is 0.402 e. The van der Waals surface area contributed by atoms with Crippen LogP contribution in [0.15, 0.2) is 91.0 Å². The summed E-state index contributed by atoms with van der Waals surface area (Å²) in [6.07, 6.45) is -12.1. The van der Waals surface area contributed by atoms with Gasteiger partial charge in [-0.25, -0.2) is 24.1 Å². The fourth-order valence-electron chi connectivity index (χ4n) is 4.79. The van der Waals surface area contributed by atoms with Crippen LogP contribution in [0.1, 0.15) is 31.1 Å². The van der Waals surface area contributed by atoms with E-state index >= 15 is 0 Å². The second-order valence-electron chi connectivity index (χ2n) is 9.99. The number of imide groups is 1. The third kappa shape index (κ3) is 6.96. The van der Waals surface area contributed by atoms with E-state index in [1.165, 1.54) is 48.5 Å². The number of halogens is 3. The molecule has 1 unspecified atom stereocenters. The van der Waals surface area contributed by atoms with Crippen molar-refractivity contribution < 1.29 is 56.1 Å². The third-order valence-electron chi connectivity index (χ3n) is 7.04. The summed E-state index contributed by atoms with van der Waals surface area (Å²) in [4.78, 5) is 65.2. The van der Waals surface area contributed by atoms with E-state index in [1.807, 2.05) is 5.32 Å². The predicted octanol–water partition coefficient (Wildman–Crippen LogP) is 3.75. The molecule has 0 aliphatic carbocycles. The number of ether oxygens (including phenoxy) is 4. The Hall–Kier alpha value is -5.24. The van der Waals surface area contributed by atoms with E-state index in [9.17, 15) is 37.1 Å². The van der Waals surface area contributed by atoms with Crippen LogP contribution in [0.2, 0.25) is 0 Å². The van der Waals surface area contributed by atoms with Gasteiger partial charge in [0.25, 0.3) is 0 Å². The van der Waals surface area contributed by atoms with Crippen molar-refractivity contribution in [2.45, 2.75) is 30.7 Å². The Bertz CT molecular complexity index is 1550. The highest BCUT2D eigenvalue weighted by Gasteiger charge is 2.59. The molecule has 11 nitrogen and oxygen atoms in total. The summed E-state index contributed by atoms with van der Waals surface area (Å²) in [5.74, 6) is -7.10. The van der Waals surface area contributed by atoms with Gasteiger partial charge in [0.2, 0.25) is 5.91 Å². The molecule has 5 atom stereocenters. The van der Waals surface area contributed by atoms with E-state index in [1.54, 1.807) is 42.5 Å². The summed E-state index contributed by atoms with van der Waals surface area (Å²) in [7, 11) is 0. The molecule has 3 amide bonds. The van der Waals surface area contributed by atoms with E-state index < -0.39 is 79.6 Å². The van der Waals surface area contributed by atoms with E-state index in [2.05, 4.69) is 0 Å². The van der Waals surface area contributed by atoms with Gasteiger partial charge in [-0.3, -0.25) is 4.79 Å². The van der Waals surface area contributed by atoms with Gasteiger partial charge in [0.1, 0.15) is 12.7 Å². The molecule has 0 bridgehead atoms. The van der Waals surface area contributed by atoms with E-state index in [4.69, 9.17) is 18.9 Å². The number of carbonyl (C=O) groups excluding carboxylic acids is 5. The maximum atomic E-state index is 13.7. The molecular weight excluding hydrogens is 601 g/mol. The number of rotatable bonds is 8. The highest BCUT2D eigenvalue weighted by atomic mass is 19.4. The van der Waals surface area contributed by atoms with Crippen molar-refractivity contribution in [2.75, 3.05) is 13.2 Å². The van der Waals surface area contributed by atoms with E-state index in [0.29, 0.717) is 0 Å². The lowest BCUT2D eigenvalue weighted by molar-refractivity contribution is -0.197. The molecular formula is C31H25F3N2O9. The Morgan fingerprint density at radius 2 is 1.22 bits per heavy atom. The number of amides is 3. The summed E-state index contributed by atoms with van der Waals surface area (Å²) < 4.78 is 63.7. The van der Waals surface area contributed by atoms with Crippen molar-refractivity contribution >= 4 is 29.8 Å². The molecule has 1 N–H and O–H groups in total. The van der Waals surface area contributed by atoms with Gasteiger partial charge < -0.3 is 24.3 Å². The Morgan fingerprint density at radius 1 is 0.756 bits per heavy atom. The minimum absolute atomic E-state index is 0.00549. The molecule has 234 valence electrons. The number of urea groups is 1. The predicted molar refractivity (Wildman–Crippen MR) is 146 cm³/mol. The van der Waals surface area contributed by atoms with Crippen molar-refractivity contribution in [2.24, 2.45) is 5.92 Å². The molecule has 3 aromatic carbocycles. The molecule has 0 radical (unpaired) electrons. The first-order valence-corrected chi connectivity index (χ1v) is 13.6. The Kier molecular flexibility index (Phi) is 9.13. The van der Waals surface area contributed by atoms with Gasteiger partial charge in [0, 0.05) is 6.54 Å². The molecule has 0 spiro atoms. The van der Waals surface area contributed by atoms with Crippen molar-refractivity contribution in [3.05, 3.63) is 108 Å². The van der Waals surface area contributed by atoms with Crippen LogP contribution < -0.4 is 5.32 Å². The fraction of sp³-hybridized carbons (Fsp3) is 0.258. The maximum Gasteiger partial charge on any atom is 0.402 e. The topological polar surface area (TPSA) is 138 Å². The zero-order valence-electron chi connectivity index (χ0n) is 23.2.